The van der Waals surface area contributed by atoms with Gasteiger partial charge < -0.3 is 51.3 Å². The summed E-state index contributed by atoms with van der Waals surface area (Å²) in [6.45, 7) is 7.55. The minimum absolute atomic E-state index is 0.0609. The normalized spacial score (nSPS) is 17.0. The molecule has 2 aromatic rings. The molecule has 0 bridgehead atoms. The molecule has 0 aliphatic carbocycles. The lowest BCUT2D eigenvalue weighted by Gasteiger charge is -2.28. The molecule has 21 heteroatoms. The molecule has 0 radical (unpaired) electrons. The number of carbonyl (C=O) groups is 6. The molecule has 20 nitrogen and oxygen atoms in total. The quantitative estimate of drug-likeness (QED) is 0.0411. The zero-order valence-corrected chi connectivity index (χ0v) is 39.4. The van der Waals surface area contributed by atoms with Crippen LogP contribution in [-0.4, -0.2) is 132 Å². The number of amides is 6. The number of aromatic amines is 1. The zero-order chi connectivity index (χ0) is 47.8. The first-order valence-electron chi connectivity index (χ1n) is 22.5. The highest BCUT2D eigenvalue weighted by Gasteiger charge is 2.38. The summed E-state index contributed by atoms with van der Waals surface area (Å²) in [7, 11) is -3.12. The van der Waals surface area contributed by atoms with E-state index in [0.717, 1.165) is 38.5 Å². The standard InChI is InChI=1S/C44H71N8O12P/c1-30(2)26-35(50-44(58)37-19-15-21-52(37)38(53)20-23-62-25-24-61-5)43(57)49-36(27-34-28-46-29-47-34)42(56)48-31(3)41(55)51-39(40(45)54)32(4)64-65(59,60)63-22-14-9-7-6-8-11-16-33-17-12-10-13-18-33/h10,12-13,17-18,28-32,35-37,39H,6-9,11,14-16,19-27H2,1-5H3,(H2,45,54)(H,46,47)(H,48,56)(H,49,57)(H,50,58)(H,51,55)(H,59,60)/t31-,32+,35-,36-,37-,39-/m0/s1. The van der Waals surface area contributed by atoms with Gasteiger partial charge in [0, 0.05) is 32.0 Å². The lowest BCUT2D eigenvalue weighted by molar-refractivity contribution is -0.140. The zero-order valence-electron chi connectivity index (χ0n) is 38.5. The molecule has 2 heterocycles. The number of primary amides is 1. The number of phosphoric ester groups is 1. The van der Waals surface area contributed by atoms with Crippen molar-refractivity contribution >= 4 is 43.3 Å². The number of nitrogens with zero attached hydrogens (tertiary/aromatic N) is 2. The molecule has 7 atom stereocenters. The van der Waals surface area contributed by atoms with Crippen LogP contribution in [0.25, 0.3) is 0 Å². The van der Waals surface area contributed by atoms with E-state index in [1.165, 1.54) is 36.8 Å². The van der Waals surface area contributed by atoms with E-state index in [1.54, 1.807) is 7.11 Å². The van der Waals surface area contributed by atoms with Gasteiger partial charge in [0.1, 0.15) is 30.2 Å². The number of methoxy groups -OCH3 is 1. The number of unbranched alkanes of at least 4 members (excludes halogenated alkanes) is 5. The number of H-pyrrole nitrogens is 1. The second-order valence-electron chi connectivity index (χ2n) is 16.7. The lowest BCUT2D eigenvalue weighted by atomic mass is 10.0. The van der Waals surface area contributed by atoms with Gasteiger partial charge in [0.15, 0.2) is 0 Å². The molecule has 1 aliphatic heterocycles. The number of imidazole rings is 1. The van der Waals surface area contributed by atoms with Gasteiger partial charge in [-0.15, -0.1) is 0 Å². The summed E-state index contributed by atoms with van der Waals surface area (Å²) >= 11 is 0. The molecule has 3 rings (SSSR count). The van der Waals surface area contributed by atoms with Gasteiger partial charge in [0.2, 0.25) is 35.4 Å². The average Bonchev–Trinajstić information content (AvgIpc) is 3.97. The van der Waals surface area contributed by atoms with Gasteiger partial charge in [0.05, 0.1) is 45.3 Å². The molecular formula is C44H71N8O12P. The summed E-state index contributed by atoms with van der Waals surface area (Å²) in [6, 6.07) is 4.21. The Bertz CT molecular complexity index is 1820. The van der Waals surface area contributed by atoms with E-state index in [0.29, 0.717) is 44.7 Å². The number of carbonyl (C=O) groups excluding carboxylic acids is 6. The van der Waals surface area contributed by atoms with Crippen molar-refractivity contribution in [2.24, 2.45) is 11.7 Å². The molecule has 65 heavy (non-hydrogen) atoms. The highest BCUT2D eigenvalue weighted by molar-refractivity contribution is 7.47. The van der Waals surface area contributed by atoms with Gasteiger partial charge in [-0.2, -0.15) is 0 Å². The number of phosphoric acid groups is 1. The summed E-state index contributed by atoms with van der Waals surface area (Å²) < 4.78 is 33.4. The van der Waals surface area contributed by atoms with Crippen LogP contribution in [0.3, 0.4) is 0 Å². The van der Waals surface area contributed by atoms with Crippen LogP contribution in [0, 0.1) is 5.92 Å². The minimum Gasteiger partial charge on any atom is -0.382 e. The molecular weight excluding hydrogens is 864 g/mol. The Kier molecular flexibility index (Phi) is 24.4. The van der Waals surface area contributed by atoms with Crippen LogP contribution in [0.15, 0.2) is 42.9 Å². The fourth-order valence-corrected chi connectivity index (χ4v) is 8.26. The number of aryl methyl sites for hydroxylation is 1. The second-order valence-corrected chi connectivity index (χ2v) is 18.1. The highest BCUT2D eigenvalue weighted by atomic mass is 31.2. The third-order valence-electron chi connectivity index (χ3n) is 10.8. The van der Waals surface area contributed by atoms with Crippen molar-refractivity contribution in [1.82, 2.24) is 36.1 Å². The van der Waals surface area contributed by atoms with Gasteiger partial charge >= 0.3 is 7.82 Å². The summed E-state index contributed by atoms with van der Waals surface area (Å²) in [5.74, 6) is -4.23. The molecule has 1 unspecified atom stereocenters. The predicted octanol–water partition coefficient (Wildman–Crippen LogP) is 2.59. The van der Waals surface area contributed by atoms with Crippen molar-refractivity contribution < 1.29 is 56.7 Å². The van der Waals surface area contributed by atoms with Crippen molar-refractivity contribution in [3.05, 3.63) is 54.1 Å². The SMILES string of the molecule is COCCOCCC(=O)N1CCC[C@H]1C(=O)N[C@@H](CC(C)C)C(=O)N[C@@H](Cc1cnc[nH]1)C(=O)N[C@@H](C)C(=O)N[C@H](C(N)=O)[C@@H](C)OP(=O)(O)OCCCCCCCCc1ccccc1. The Morgan fingerprint density at radius 2 is 1.57 bits per heavy atom. The topological polar surface area (TPSA) is 283 Å². The molecule has 0 saturated carbocycles. The number of benzene rings is 1. The summed E-state index contributed by atoms with van der Waals surface area (Å²) in [4.78, 5) is 98.8. The predicted molar refractivity (Wildman–Crippen MR) is 241 cm³/mol. The summed E-state index contributed by atoms with van der Waals surface area (Å²) in [5, 5.41) is 10.4. The minimum atomic E-state index is -4.66. The number of aromatic nitrogens is 2. The number of nitrogens with two attached hydrogens (primary N) is 1. The number of nitrogens with one attached hydrogen (secondary N) is 5. The first-order valence-corrected chi connectivity index (χ1v) is 24.0. The highest BCUT2D eigenvalue weighted by Crippen LogP contribution is 2.45. The van der Waals surface area contributed by atoms with E-state index in [-0.39, 0.29) is 44.3 Å². The second kappa shape index (κ2) is 29.0. The van der Waals surface area contributed by atoms with E-state index in [4.69, 9.17) is 24.3 Å². The molecule has 1 saturated heterocycles. The Morgan fingerprint density at radius 1 is 0.877 bits per heavy atom. The molecule has 1 aromatic carbocycles. The molecule has 1 aliphatic rings. The summed E-state index contributed by atoms with van der Waals surface area (Å²) in [5.41, 5.74) is 7.33. The number of likely N-dealkylation sites (tertiary alicyclic amines) is 1. The van der Waals surface area contributed by atoms with Gasteiger partial charge in [-0.25, -0.2) is 9.55 Å². The molecule has 0 spiro atoms. The number of rotatable bonds is 32. The fourth-order valence-electron chi connectivity index (χ4n) is 7.30. The fraction of sp³-hybridized carbons (Fsp3) is 0.659. The van der Waals surface area contributed by atoms with E-state index in [1.807, 2.05) is 32.0 Å². The largest absolute Gasteiger partial charge is 0.472 e. The van der Waals surface area contributed by atoms with Gasteiger partial charge in [-0.1, -0.05) is 69.9 Å². The van der Waals surface area contributed by atoms with Crippen molar-refractivity contribution in [3.8, 4) is 0 Å². The van der Waals surface area contributed by atoms with E-state index in [2.05, 4.69) is 43.4 Å². The maximum absolute atomic E-state index is 13.9. The van der Waals surface area contributed by atoms with E-state index < -0.39 is 73.7 Å². The Morgan fingerprint density at radius 3 is 2.23 bits per heavy atom. The van der Waals surface area contributed by atoms with Crippen LogP contribution in [0.4, 0.5) is 0 Å². The van der Waals surface area contributed by atoms with Gasteiger partial charge in [0.25, 0.3) is 0 Å². The van der Waals surface area contributed by atoms with Crippen molar-refractivity contribution in [2.75, 3.05) is 40.1 Å². The van der Waals surface area contributed by atoms with Gasteiger partial charge in [-0.05, 0) is 63.9 Å². The molecule has 6 amide bonds. The third kappa shape index (κ3) is 20.6. The van der Waals surface area contributed by atoms with E-state index >= 15 is 0 Å². The summed E-state index contributed by atoms with van der Waals surface area (Å²) in [6.07, 6.45) is 9.07. The average molecular weight is 935 g/mol. The van der Waals surface area contributed by atoms with Crippen LogP contribution in [0.2, 0.25) is 0 Å². The maximum atomic E-state index is 13.9. The number of hydrogen-bond donors (Lipinski definition) is 7. The van der Waals surface area contributed by atoms with Crippen LogP contribution >= 0.6 is 7.82 Å². The monoisotopic (exact) mass is 934 g/mol. The Labute approximate surface area is 382 Å². The van der Waals surface area contributed by atoms with Crippen LogP contribution in [0.5, 0.6) is 0 Å². The van der Waals surface area contributed by atoms with Crippen LogP contribution < -0.4 is 27.0 Å². The first kappa shape index (κ1) is 54.6. The molecule has 1 aromatic heterocycles. The number of ether oxygens (including phenoxy) is 2. The van der Waals surface area contributed by atoms with Crippen LogP contribution in [-0.2, 0) is 64.7 Å². The first-order chi connectivity index (χ1) is 31.0. The van der Waals surface area contributed by atoms with Gasteiger partial charge in [-0.3, -0.25) is 37.8 Å². The molecule has 8 N–H and O–H groups in total. The van der Waals surface area contributed by atoms with Crippen molar-refractivity contribution in [2.45, 2.75) is 141 Å². The van der Waals surface area contributed by atoms with Crippen molar-refractivity contribution in [3.63, 3.8) is 0 Å². The Hall–Kier alpha value is -4.72. The molecule has 1 fully saturated rings. The smallest absolute Gasteiger partial charge is 0.382 e. The maximum Gasteiger partial charge on any atom is 0.472 e. The lowest BCUT2D eigenvalue weighted by Crippen LogP contribution is -2.59. The number of hydrogen-bond acceptors (Lipinski definition) is 12. The van der Waals surface area contributed by atoms with Crippen LogP contribution in [0.1, 0.15) is 103 Å². The third-order valence-corrected chi connectivity index (χ3v) is 11.9. The van der Waals surface area contributed by atoms with E-state index in [9.17, 15) is 38.2 Å². The molecule has 364 valence electrons. The van der Waals surface area contributed by atoms with Crippen molar-refractivity contribution in [1.29, 1.82) is 0 Å². The Balaban J connectivity index is 1.54.